The number of carbonyl (C=O) groups excluding carboxylic acids is 2. The molecule has 1 aliphatic heterocycles. The number of thiophene rings is 1. The number of carbonyl (C=O) groups is 2. The number of halogens is 1. The molecule has 1 unspecified atom stereocenters. The van der Waals surface area contributed by atoms with Crippen LogP contribution < -0.4 is 5.32 Å². The van der Waals surface area contributed by atoms with Gasteiger partial charge in [0.25, 0.3) is 5.91 Å². The molecule has 7 nitrogen and oxygen atoms in total. The van der Waals surface area contributed by atoms with E-state index < -0.39 is 0 Å². The highest BCUT2D eigenvalue weighted by molar-refractivity contribution is 7.10. The number of benzene rings is 1. The third-order valence-corrected chi connectivity index (χ3v) is 6.70. The quantitative estimate of drug-likeness (QED) is 0.491. The van der Waals surface area contributed by atoms with E-state index in [0.717, 1.165) is 16.2 Å². The normalized spacial score (nSPS) is 15.7. The molecular weight excluding hydrogens is 460 g/mol. The van der Waals surface area contributed by atoms with Crippen LogP contribution in [0, 0.1) is 6.92 Å². The number of hydrazone groups is 1. The molecule has 9 heteroatoms. The fourth-order valence-corrected chi connectivity index (χ4v) is 4.68. The third-order valence-electron chi connectivity index (χ3n) is 5.49. The predicted molar refractivity (Wildman–Crippen MR) is 131 cm³/mol. The summed E-state index contributed by atoms with van der Waals surface area (Å²) in [6.45, 7) is 4.53. The smallest absolute Gasteiger partial charge is 0.257 e. The molecule has 1 atom stereocenters. The van der Waals surface area contributed by atoms with Gasteiger partial charge in [-0.25, -0.2) is 5.01 Å². The molecule has 3 aromatic rings. The molecule has 1 aromatic carbocycles. The Labute approximate surface area is 201 Å². The Morgan fingerprint density at radius 1 is 1.27 bits per heavy atom. The minimum Gasteiger partial charge on any atom is -0.463 e. The van der Waals surface area contributed by atoms with E-state index in [1.807, 2.05) is 49.6 Å². The van der Waals surface area contributed by atoms with E-state index >= 15 is 0 Å². The Morgan fingerprint density at radius 2 is 2.12 bits per heavy atom. The SMILES string of the molecule is CCN(CC(=O)Nc1cc(Cl)ccc1C)CC(=O)N1N=C(c2ccco2)CC1c1cccs1. The van der Waals surface area contributed by atoms with E-state index in [2.05, 4.69) is 10.4 Å². The Kier molecular flexibility index (Phi) is 7.27. The maximum Gasteiger partial charge on any atom is 0.257 e. The summed E-state index contributed by atoms with van der Waals surface area (Å²) in [5.74, 6) is 0.296. The number of likely N-dealkylation sites (N-methyl/N-ethyl adjacent to an activating group) is 1. The highest BCUT2D eigenvalue weighted by Gasteiger charge is 2.35. The fourth-order valence-electron chi connectivity index (χ4n) is 3.70. The number of rotatable bonds is 8. The maximum atomic E-state index is 13.3. The average Bonchev–Trinajstić information content (AvgIpc) is 3.55. The lowest BCUT2D eigenvalue weighted by molar-refractivity contribution is -0.134. The molecule has 3 heterocycles. The number of nitrogens with one attached hydrogen (secondary N) is 1. The lowest BCUT2D eigenvalue weighted by Crippen LogP contribution is -2.41. The van der Waals surface area contributed by atoms with Crippen molar-refractivity contribution in [3.8, 4) is 0 Å². The summed E-state index contributed by atoms with van der Waals surface area (Å²) in [7, 11) is 0. The second kappa shape index (κ2) is 10.3. The number of nitrogens with zero attached hydrogens (tertiary/aromatic N) is 3. The van der Waals surface area contributed by atoms with E-state index in [9.17, 15) is 9.59 Å². The van der Waals surface area contributed by atoms with Gasteiger partial charge < -0.3 is 9.73 Å². The van der Waals surface area contributed by atoms with Crippen molar-refractivity contribution in [2.24, 2.45) is 5.10 Å². The van der Waals surface area contributed by atoms with Crippen molar-refractivity contribution in [3.05, 3.63) is 75.3 Å². The third kappa shape index (κ3) is 5.52. The topological polar surface area (TPSA) is 78.2 Å². The zero-order chi connectivity index (χ0) is 23.4. The van der Waals surface area contributed by atoms with Gasteiger partial charge in [-0.2, -0.15) is 5.10 Å². The minimum absolute atomic E-state index is 0.0786. The molecule has 2 aromatic heterocycles. The minimum atomic E-state index is -0.203. The van der Waals surface area contributed by atoms with E-state index in [4.69, 9.17) is 16.0 Å². The van der Waals surface area contributed by atoms with Crippen LogP contribution >= 0.6 is 22.9 Å². The Hall–Kier alpha value is -2.94. The summed E-state index contributed by atoms with van der Waals surface area (Å²) >= 11 is 7.64. The molecule has 0 saturated heterocycles. The molecule has 4 rings (SSSR count). The molecule has 1 N–H and O–H groups in total. The summed E-state index contributed by atoms with van der Waals surface area (Å²) < 4.78 is 5.50. The first kappa shape index (κ1) is 23.2. The monoisotopic (exact) mass is 484 g/mol. The molecule has 2 amide bonds. The first-order chi connectivity index (χ1) is 15.9. The van der Waals surface area contributed by atoms with Crippen molar-refractivity contribution in [2.75, 3.05) is 25.0 Å². The zero-order valence-corrected chi connectivity index (χ0v) is 20.0. The van der Waals surface area contributed by atoms with Crippen molar-refractivity contribution in [3.63, 3.8) is 0 Å². The van der Waals surface area contributed by atoms with Crippen LogP contribution in [0.5, 0.6) is 0 Å². The van der Waals surface area contributed by atoms with Crippen LogP contribution in [-0.4, -0.2) is 47.1 Å². The van der Waals surface area contributed by atoms with Gasteiger partial charge in [-0.15, -0.1) is 11.3 Å². The first-order valence-corrected chi connectivity index (χ1v) is 12.0. The Morgan fingerprint density at radius 3 is 2.82 bits per heavy atom. The summed E-state index contributed by atoms with van der Waals surface area (Å²) in [4.78, 5) is 28.8. The number of hydrogen-bond donors (Lipinski definition) is 1. The molecule has 0 saturated carbocycles. The molecule has 172 valence electrons. The van der Waals surface area contributed by atoms with E-state index in [-0.39, 0.29) is 30.9 Å². The van der Waals surface area contributed by atoms with Crippen molar-refractivity contribution < 1.29 is 14.0 Å². The number of anilines is 1. The van der Waals surface area contributed by atoms with Crippen molar-refractivity contribution >= 4 is 46.2 Å². The van der Waals surface area contributed by atoms with Gasteiger partial charge >= 0.3 is 0 Å². The van der Waals surface area contributed by atoms with Gasteiger partial charge in [-0.05, 0) is 54.7 Å². The first-order valence-electron chi connectivity index (χ1n) is 10.7. The van der Waals surface area contributed by atoms with Gasteiger partial charge in [0.05, 0.1) is 25.4 Å². The fraction of sp³-hybridized carbons (Fsp3) is 0.292. The molecular formula is C24H25ClN4O3S. The van der Waals surface area contributed by atoms with Crippen LogP contribution in [0.1, 0.15) is 35.6 Å². The van der Waals surface area contributed by atoms with Crippen LogP contribution in [-0.2, 0) is 9.59 Å². The van der Waals surface area contributed by atoms with Crippen LogP contribution in [0.25, 0.3) is 0 Å². The standard InChI is InChI=1S/C24H25ClN4O3S/c1-3-28(14-23(30)26-18-12-17(25)9-8-16(18)2)15-24(31)29-20(22-7-5-11-33-22)13-19(27-29)21-6-4-10-32-21/h4-12,20H,3,13-15H2,1-2H3,(H,26,30). The van der Waals surface area contributed by atoms with E-state index in [1.165, 1.54) is 5.01 Å². The highest BCUT2D eigenvalue weighted by atomic mass is 35.5. The van der Waals surface area contributed by atoms with Crippen LogP contribution in [0.3, 0.4) is 0 Å². The molecule has 0 radical (unpaired) electrons. The lowest BCUT2D eigenvalue weighted by atomic mass is 10.1. The molecule has 0 aliphatic carbocycles. The van der Waals surface area contributed by atoms with Gasteiger partial charge in [-0.3, -0.25) is 14.5 Å². The average molecular weight is 485 g/mol. The summed E-state index contributed by atoms with van der Waals surface area (Å²) in [5.41, 5.74) is 2.33. The number of hydrogen-bond acceptors (Lipinski definition) is 6. The summed E-state index contributed by atoms with van der Waals surface area (Å²) in [5, 5.41) is 11.6. The highest BCUT2D eigenvalue weighted by Crippen LogP contribution is 2.35. The lowest BCUT2D eigenvalue weighted by Gasteiger charge is -2.25. The van der Waals surface area contributed by atoms with E-state index in [0.29, 0.717) is 29.4 Å². The van der Waals surface area contributed by atoms with Gasteiger partial charge in [-0.1, -0.05) is 30.7 Å². The van der Waals surface area contributed by atoms with Gasteiger partial charge in [0.15, 0.2) is 0 Å². The molecule has 0 fully saturated rings. The van der Waals surface area contributed by atoms with Gasteiger partial charge in [0.1, 0.15) is 11.5 Å². The summed E-state index contributed by atoms with van der Waals surface area (Å²) in [6, 6.07) is 12.8. The molecule has 33 heavy (non-hydrogen) atoms. The van der Waals surface area contributed by atoms with E-state index in [1.54, 1.807) is 34.6 Å². The van der Waals surface area contributed by atoms with Crippen LogP contribution in [0.15, 0.2) is 63.6 Å². The van der Waals surface area contributed by atoms with Crippen LogP contribution in [0.2, 0.25) is 5.02 Å². The number of aryl methyl sites for hydroxylation is 1. The molecule has 0 spiro atoms. The maximum absolute atomic E-state index is 13.3. The summed E-state index contributed by atoms with van der Waals surface area (Å²) in [6.07, 6.45) is 2.18. The number of amides is 2. The number of furan rings is 1. The largest absolute Gasteiger partial charge is 0.463 e. The Balaban J connectivity index is 1.45. The molecule has 1 aliphatic rings. The molecule has 0 bridgehead atoms. The zero-order valence-electron chi connectivity index (χ0n) is 18.5. The van der Waals surface area contributed by atoms with Crippen molar-refractivity contribution in [2.45, 2.75) is 26.3 Å². The van der Waals surface area contributed by atoms with Crippen molar-refractivity contribution in [1.29, 1.82) is 0 Å². The van der Waals surface area contributed by atoms with Gasteiger partial charge in [0.2, 0.25) is 5.91 Å². The predicted octanol–water partition coefficient (Wildman–Crippen LogP) is 4.94. The van der Waals surface area contributed by atoms with Crippen molar-refractivity contribution in [1.82, 2.24) is 9.91 Å². The second-order valence-electron chi connectivity index (χ2n) is 7.81. The van der Waals surface area contributed by atoms with Gasteiger partial charge in [0, 0.05) is 22.0 Å². The second-order valence-corrected chi connectivity index (χ2v) is 9.22. The Bertz CT molecular complexity index is 1140. The van der Waals surface area contributed by atoms with Crippen LogP contribution in [0.4, 0.5) is 5.69 Å².